The Labute approximate surface area is 190 Å². The number of rotatable bonds is 6. The van der Waals surface area contributed by atoms with Crippen LogP contribution in [0.2, 0.25) is 5.02 Å². The summed E-state index contributed by atoms with van der Waals surface area (Å²) in [6, 6.07) is 16.3. The number of halogens is 1. The number of aliphatic imine (C=N–C) groups is 1. The van der Waals surface area contributed by atoms with E-state index in [1.165, 1.54) is 0 Å². The lowest BCUT2D eigenvalue weighted by atomic mass is 9.81. The Bertz CT molecular complexity index is 1040. The molecule has 4 nitrogen and oxygen atoms in total. The van der Waals surface area contributed by atoms with E-state index in [0.29, 0.717) is 12.5 Å². The third-order valence-electron chi connectivity index (χ3n) is 6.34. The van der Waals surface area contributed by atoms with Gasteiger partial charge in [0.1, 0.15) is 11.9 Å². The second-order valence-electron chi connectivity index (χ2n) is 9.11. The highest BCUT2D eigenvalue weighted by Crippen LogP contribution is 2.45. The van der Waals surface area contributed by atoms with Crippen molar-refractivity contribution in [2.24, 2.45) is 4.99 Å². The molecule has 4 rings (SSSR count). The molecule has 2 aliphatic rings. The molecule has 0 saturated carbocycles. The summed E-state index contributed by atoms with van der Waals surface area (Å²) in [4.78, 5) is 7.18. The molecular weight excluding hydrogens is 407 g/mol. The zero-order valence-corrected chi connectivity index (χ0v) is 19.2. The van der Waals surface area contributed by atoms with Gasteiger partial charge in [0.25, 0.3) is 0 Å². The Morgan fingerprint density at radius 1 is 1.06 bits per heavy atom. The zero-order chi connectivity index (χ0) is 22.2. The normalized spacial score (nSPS) is 20.6. The maximum atomic E-state index is 10.3. The lowest BCUT2D eigenvalue weighted by molar-refractivity contribution is -0.0893. The topological polar surface area (TPSA) is 45.1 Å². The van der Waals surface area contributed by atoms with E-state index >= 15 is 0 Å². The Kier molecular flexibility index (Phi) is 5.86. The van der Waals surface area contributed by atoms with Crippen molar-refractivity contribution in [3.05, 3.63) is 89.1 Å². The largest absolute Gasteiger partial charge is 0.427 e. The summed E-state index contributed by atoms with van der Waals surface area (Å²) < 4.78 is 6.01. The van der Waals surface area contributed by atoms with Gasteiger partial charge in [-0.05, 0) is 57.0 Å². The maximum Gasteiger partial charge on any atom is 0.309 e. The van der Waals surface area contributed by atoms with Gasteiger partial charge in [-0.15, -0.1) is 0 Å². The summed E-state index contributed by atoms with van der Waals surface area (Å²) in [5, 5.41) is 11.0. The van der Waals surface area contributed by atoms with Gasteiger partial charge in [0.05, 0.1) is 17.2 Å². The van der Waals surface area contributed by atoms with Crippen LogP contribution in [0.5, 0.6) is 0 Å². The molecule has 2 heterocycles. The highest BCUT2D eigenvalue weighted by Gasteiger charge is 2.38. The van der Waals surface area contributed by atoms with Crippen LogP contribution in [0.25, 0.3) is 0 Å². The number of benzene rings is 2. The quantitative estimate of drug-likeness (QED) is 0.683. The predicted octanol–water partition coefficient (Wildman–Crippen LogP) is 4.46. The van der Waals surface area contributed by atoms with Gasteiger partial charge < -0.3 is 14.7 Å². The Morgan fingerprint density at radius 3 is 2.48 bits per heavy atom. The second kappa shape index (κ2) is 8.31. The Morgan fingerprint density at radius 2 is 1.81 bits per heavy atom. The van der Waals surface area contributed by atoms with Crippen molar-refractivity contribution in [3.63, 3.8) is 0 Å². The highest BCUT2D eigenvalue weighted by atomic mass is 35.5. The molecule has 2 aromatic carbocycles. The average Bonchev–Trinajstić information content (AvgIpc) is 3.12. The summed E-state index contributed by atoms with van der Waals surface area (Å²) in [5.41, 5.74) is 1.52. The molecule has 6 heteroatoms. The minimum atomic E-state index is -0.953. The molecule has 0 aliphatic carbocycles. The van der Waals surface area contributed by atoms with Crippen molar-refractivity contribution < 1.29 is 9.76 Å². The average molecular weight is 435 g/mol. The molecule has 0 bridgehead atoms. The standard InChI is InChI=1S/C25H28BClN2O2/c1-24(2,30)25(3,4)31-26-18-13-14-19(20(27)16-18)23-22(17-10-6-5-7-11-17)28-21-12-8-9-15-29(21)23/h5-16,22-23,26,30H,1-4H3. The highest BCUT2D eigenvalue weighted by molar-refractivity contribution is 6.48. The fourth-order valence-corrected chi connectivity index (χ4v) is 4.04. The Hall–Kier alpha value is -2.34. The molecule has 2 aromatic rings. The van der Waals surface area contributed by atoms with Crippen LogP contribution in [0.1, 0.15) is 50.9 Å². The third-order valence-corrected chi connectivity index (χ3v) is 6.66. The minimum Gasteiger partial charge on any atom is -0.427 e. The summed E-state index contributed by atoms with van der Waals surface area (Å²) in [5.74, 6) is 0.941. The predicted molar refractivity (Wildman–Crippen MR) is 129 cm³/mol. The first-order chi connectivity index (χ1) is 14.7. The molecule has 31 heavy (non-hydrogen) atoms. The SMILES string of the molecule is CC(C)(O)C(C)(C)OBc1ccc(C2C(c3ccccc3)N=C3C=CC=CN32)c(Cl)c1. The number of allylic oxidation sites excluding steroid dienone is 2. The van der Waals surface area contributed by atoms with E-state index in [-0.39, 0.29) is 12.1 Å². The first-order valence-corrected chi connectivity index (χ1v) is 11.0. The van der Waals surface area contributed by atoms with Gasteiger partial charge in [-0.2, -0.15) is 0 Å². The van der Waals surface area contributed by atoms with Crippen molar-refractivity contribution in [1.82, 2.24) is 4.90 Å². The van der Waals surface area contributed by atoms with Crippen LogP contribution < -0.4 is 5.46 Å². The smallest absolute Gasteiger partial charge is 0.309 e. The van der Waals surface area contributed by atoms with Gasteiger partial charge in [0.15, 0.2) is 0 Å². The molecule has 2 aliphatic heterocycles. The summed E-state index contributed by atoms with van der Waals surface area (Å²) >= 11 is 6.81. The van der Waals surface area contributed by atoms with Crippen LogP contribution in [0, 0.1) is 0 Å². The molecule has 0 fully saturated rings. The van der Waals surface area contributed by atoms with Crippen molar-refractivity contribution in [2.45, 2.75) is 51.0 Å². The summed E-state index contributed by atoms with van der Waals surface area (Å²) in [6.45, 7) is 7.29. The van der Waals surface area contributed by atoms with Gasteiger partial charge in [-0.3, -0.25) is 4.99 Å². The van der Waals surface area contributed by atoms with Crippen molar-refractivity contribution in [3.8, 4) is 0 Å². The number of nitrogens with zero attached hydrogens (tertiary/aromatic N) is 2. The van der Waals surface area contributed by atoms with E-state index in [2.05, 4.69) is 29.3 Å². The van der Waals surface area contributed by atoms with Gasteiger partial charge >= 0.3 is 7.48 Å². The van der Waals surface area contributed by atoms with Crippen molar-refractivity contribution in [2.75, 3.05) is 0 Å². The van der Waals surface area contributed by atoms with Crippen LogP contribution in [-0.2, 0) is 4.65 Å². The number of fused-ring (bicyclic) bond motifs is 1. The molecular formula is C25H28BClN2O2. The van der Waals surface area contributed by atoms with Crippen molar-refractivity contribution in [1.29, 1.82) is 0 Å². The van der Waals surface area contributed by atoms with Gasteiger partial charge in [0, 0.05) is 11.2 Å². The van der Waals surface area contributed by atoms with Crippen LogP contribution in [0.4, 0.5) is 0 Å². The second-order valence-corrected chi connectivity index (χ2v) is 9.52. The summed E-state index contributed by atoms with van der Waals surface area (Å²) in [7, 11) is 0.373. The fraction of sp³-hybridized carbons (Fsp3) is 0.320. The molecule has 2 unspecified atom stereocenters. The lowest BCUT2D eigenvalue weighted by Gasteiger charge is -2.37. The molecule has 0 spiro atoms. The number of aliphatic hydroxyl groups is 1. The monoisotopic (exact) mass is 434 g/mol. The first-order valence-electron chi connectivity index (χ1n) is 10.6. The van der Waals surface area contributed by atoms with E-state index in [9.17, 15) is 5.11 Å². The van der Waals surface area contributed by atoms with Crippen LogP contribution in [0.15, 0.2) is 78.0 Å². The molecule has 160 valence electrons. The summed E-state index contributed by atoms with van der Waals surface area (Å²) in [6.07, 6.45) is 8.12. The van der Waals surface area contributed by atoms with Crippen LogP contribution in [-0.4, -0.2) is 34.5 Å². The fourth-order valence-electron chi connectivity index (χ4n) is 3.72. The molecule has 0 amide bonds. The van der Waals surface area contributed by atoms with E-state index < -0.39 is 11.2 Å². The molecule has 0 saturated heterocycles. The van der Waals surface area contributed by atoms with Crippen LogP contribution in [0.3, 0.4) is 0 Å². The molecule has 1 N–H and O–H groups in total. The zero-order valence-electron chi connectivity index (χ0n) is 18.4. The lowest BCUT2D eigenvalue weighted by Crippen LogP contribution is -2.49. The van der Waals surface area contributed by atoms with E-state index in [0.717, 1.165) is 22.4 Å². The van der Waals surface area contributed by atoms with Gasteiger partial charge in [0.2, 0.25) is 0 Å². The van der Waals surface area contributed by atoms with Crippen molar-refractivity contribution >= 4 is 30.4 Å². The number of hydrogen-bond acceptors (Lipinski definition) is 4. The van der Waals surface area contributed by atoms with E-state index in [4.69, 9.17) is 21.2 Å². The third kappa shape index (κ3) is 4.36. The van der Waals surface area contributed by atoms with E-state index in [1.807, 2.05) is 62.4 Å². The minimum absolute atomic E-state index is 0.0196. The Balaban J connectivity index is 1.62. The number of amidine groups is 1. The molecule has 2 atom stereocenters. The number of hydrogen-bond donors (Lipinski definition) is 1. The van der Waals surface area contributed by atoms with E-state index in [1.54, 1.807) is 13.8 Å². The first kappa shape index (κ1) is 21.9. The van der Waals surface area contributed by atoms with Crippen LogP contribution >= 0.6 is 11.6 Å². The molecule has 0 aromatic heterocycles. The van der Waals surface area contributed by atoms with Gasteiger partial charge in [-0.25, -0.2) is 0 Å². The van der Waals surface area contributed by atoms with Gasteiger partial charge in [-0.1, -0.05) is 65.6 Å². The maximum absolute atomic E-state index is 10.3. The molecule has 0 radical (unpaired) electrons.